The van der Waals surface area contributed by atoms with Crippen LogP contribution in [0.15, 0.2) is 46.9 Å². The van der Waals surface area contributed by atoms with E-state index >= 15 is 0 Å². The highest BCUT2D eigenvalue weighted by atomic mass is 32.2. The van der Waals surface area contributed by atoms with E-state index < -0.39 is 6.17 Å². The Bertz CT molecular complexity index is 959. The Hall–Kier alpha value is -2.45. The molecule has 0 aliphatic carbocycles. The standard InChI is InChI=1S/C17H14N4O2S2/c1-10(22)20-12-7-4-3-6-11(12)14-15(23)18-17(24-2)19-21(14)16(20)13-8-5-9-25-13/h3-9,16H,1-2H3. The summed E-state index contributed by atoms with van der Waals surface area (Å²) < 4.78 is 1.64. The van der Waals surface area contributed by atoms with Crippen molar-refractivity contribution in [2.24, 2.45) is 0 Å². The monoisotopic (exact) mass is 370 g/mol. The number of benzene rings is 1. The molecule has 1 unspecified atom stereocenters. The van der Waals surface area contributed by atoms with E-state index in [1.54, 1.807) is 9.58 Å². The number of thiophene rings is 1. The van der Waals surface area contributed by atoms with Crippen molar-refractivity contribution in [2.75, 3.05) is 11.2 Å². The van der Waals surface area contributed by atoms with Crippen molar-refractivity contribution in [2.45, 2.75) is 18.2 Å². The molecule has 1 aromatic carbocycles. The fourth-order valence-corrected chi connectivity index (χ4v) is 4.20. The molecule has 0 fully saturated rings. The molecule has 1 amide bonds. The number of hydrogen-bond donors (Lipinski definition) is 0. The number of carbonyl (C=O) groups excluding carboxylic acids is 1. The summed E-state index contributed by atoms with van der Waals surface area (Å²) in [6.45, 7) is 1.53. The molecule has 126 valence electrons. The summed E-state index contributed by atoms with van der Waals surface area (Å²) in [6.07, 6.45) is 1.32. The van der Waals surface area contributed by atoms with Gasteiger partial charge in [0.2, 0.25) is 5.91 Å². The second-order valence-corrected chi connectivity index (χ2v) is 7.24. The van der Waals surface area contributed by atoms with Crippen LogP contribution in [0, 0.1) is 0 Å². The number of anilines is 1. The number of hydrogen-bond acceptors (Lipinski definition) is 6. The van der Waals surface area contributed by atoms with Gasteiger partial charge in [-0.05, 0) is 29.8 Å². The summed E-state index contributed by atoms with van der Waals surface area (Å²) in [4.78, 5) is 19.2. The maximum absolute atomic E-state index is 12.7. The topological polar surface area (TPSA) is 73.0 Å². The van der Waals surface area contributed by atoms with Gasteiger partial charge < -0.3 is 5.11 Å². The Kier molecular flexibility index (Phi) is 3.93. The number of rotatable bonds is 2. The van der Waals surface area contributed by atoms with Crippen LogP contribution >= 0.6 is 23.1 Å². The third-order valence-electron chi connectivity index (χ3n) is 4.04. The summed E-state index contributed by atoms with van der Waals surface area (Å²) in [5.74, 6) is -0.447. The highest BCUT2D eigenvalue weighted by molar-refractivity contribution is 7.98. The molecular weight excluding hydrogens is 356 g/mol. The second kappa shape index (κ2) is 6.12. The molecule has 25 heavy (non-hydrogen) atoms. The molecule has 8 heteroatoms. The van der Waals surface area contributed by atoms with Gasteiger partial charge in [0.1, 0.15) is 0 Å². The zero-order chi connectivity index (χ0) is 17.6. The van der Waals surface area contributed by atoms with Crippen LogP contribution in [0.1, 0.15) is 18.0 Å². The fourth-order valence-electron chi connectivity index (χ4n) is 3.06. The van der Waals surface area contributed by atoms with E-state index in [9.17, 15) is 9.90 Å². The molecule has 3 heterocycles. The van der Waals surface area contributed by atoms with Crippen molar-refractivity contribution in [3.05, 3.63) is 46.7 Å². The minimum absolute atomic E-state index is 0.110. The minimum Gasteiger partial charge on any atom is -0.854 e. The molecule has 0 bridgehead atoms. The molecule has 0 saturated heterocycles. The lowest BCUT2D eigenvalue weighted by molar-refractivity contribution is -0.763. The van der Waals surface area contributed by atoms with Gasteiger partial charge in [0.05, 0.1) is 22.0 Å². The average molecular weight is 370 g/mol. The van der Waals surface area contributed by atoms with Gasteiger partial charge in [-0.2, -0.15) is 0 Å². The molecule has 3 aromatic rings. The number of aromatic nitrogens is 3. The molecule has 0 N–H and O–H groups in total. The van der Waals surface area contributed by atoms with Crippen molar-refractivity contribution < 1.29 is 14.6 Å². The van der Waals surface area contributed by atoms with Gasteiger partial charge in [0.25, 0.3) is 10.9 Å². The molecule has 4 rings (SSSR count). The first kappa shape index (κ1) is 16.0. The Balaban J connectivity index is 2.09. The minimum atomic E-state index is -0.496. The quantitative estimate of drug-likeness (QED) is 0.511. The van der Waals surface area contributed by atoms with Gasteiger partial charge in [0, 0.05) is 12.0 Å². The predicted molar refractivity (Wildman–Crippen MR) is 94.5 cm³/mol. The van der Waals surface area contributed by atoms with Crippen molar-refractivity contribution in [3.63, 3.8) is 0 Å². The maximum Gasteiger partial charge on any atom is 0.302 e. The molecule has 1 aliphatic heterocycles. The molecular formula is C17H14N4O2S2. The van der Waals surface area contributed by atoms with E-state index in [4.69, 9.17) is 0 Å². The lowest BCUT2D eigenvalue weighted by Crippen LogP contribution is -2.58. The van der Waals surface area contributed by atoms with Crippen LogP contribution in [0.4, 0.5) is 5.69 Å². The summed E-state index contributed by atoms with van der Waals surface area (Å²) in [6, 6.07) is 11.2. The Labute approximate surface area is 152 Å². The third-order valence-corrected chi connectivity index (χ3v) is 5.49. The smallest absolute Gasteiger partial charge is 0.302 e. The Morgan fingerprint density at radius 1 is 1.32 bits per heavy atom. The normalized spacial score (nSPS) is 15.6. The van der Waals surface area contributed by atoms with Gasteiger partial charge in [-0.25, -0.2) is 9.88 Å². The van der Waals surface area contributed by atoms with Crippen LogP contribution in [0.3, 0.4) is 0 Å². The SMILES string of the molecule is CSc1nc([O-])c2[n+](n1)C(c1cccs1)N(C(C)=O)c1ccccc1-2. The number of carbonyl (C=O) groups is 1. The first-order valence-corrected chi connectivity index (χ1v) is 9.69. The van der Waals surface area contributed by atoms with Crippen molar-refractivity contribution >= 4 is 34.7 Å². The molecule has 0 saturated carbocycles. The van der Waals surface area contributed by atoms with Gasteiger partial charge in [-0.15, -0.1) is 11.3 Å². The highest BCUT2D eigenvalue weighted by Crippen LogP contribution is 2.41. The molecule has 1 aliphatic rings. The van der Waals surface area contributed by atoms with Crippen LogP contribution in [0.5, 0.6) is 5.88 Å². The zero-order valence-electron chi connectivity index (χ0n) is 13.5. The van der Waals surface area contributed by atoms with Crippen LogP contribution in [0.25, 0.3) is 11.3 Å². The molecule has 2 aromatic heterocycles. The lowest BCUT2D eigenvalue weighted by atomic mass is 10.0. The van der Waals surface area contributed by atoms with E-state index in [0.29, 0.717) is 22.1 Å². The lowest BCUT2D eigenvalue weighted by Gasteiger charge is -2.32. The van der Waals surface area contributed by atoms with Crippen molar-refractivity contribution in [1.82, 2.24) is 10.1 Å². The van der Waals surface area contributed by atoms with Gasteiger partial charge in [-0.1, -0.05) is 34.6 Å². The van der Waals surface area contributed by atoms with Gasteiger partial charge in [0.15, 0.2) is 0 Å². The molecule has 0 radical (unpaired) electrons. The van der Waals surface area contributed by atoms with E-state index in [-0.39, 0.29) is 11.8 Å². The van der Waals surface area contributed by atoms with Crippen molar-refractivity contribution in [3.8, 4) is 17.1 Å². The molecule has 0 spiro atoms. The van der Waals surface area contributed by atoms with Crippen LogP contribution < -0.4 is 14.7 Å². The Morgan fingerprint density at radius 3 is 2.80 bits per heavy atom. The largest absolute Gasteiger partial charge is 0.854 e. The van der Waals surface area contributed by atoms with E-state index in [1.807, 2.05) is 48.0 Å². The van der Waals surface area contributed by atoms with Crippen LogP contribution in [-0.2, 0) is 4.79 Å². The maximum atomic E-state index is 12.7. The van der Waals surface area contributed by atoms with Crippen LogP contribution in [-0.4, -0.2) is 22.2 Å². The third kappa shape index (κ3) is 2.49. The highest BCUT2D eigenvalue weighted by Gasteiger charge is 2.44. The van der Waals surface area contributed by atoms with Crippen molar-refractivity contribution in [1.29, 1.82) is 0 Å². The molecule has 6 nitrogen and oxygen atoms in total. The Morgan fingerprint density at radius 2 is 2.12 bits per heavy atom. The number of amides is 1. The van der Waals surface area contributed by atoms with Crippen LogP contribution in [0.2, 0.25) is 0 Å². The molecule has 1 atom stereocenters. The predicted octanol–water partition coefficient (Wildman–Crippen LogP) is 2.20. The van der Waals surface area contributed by atoms with E-state index in [2.05, 4.69) is 10.1 Å². The summed E-state index contributed by atoms with van der Waals surface area (Å²) >= 11 is 2.83. The summed E-state index contributed by atoms with van der Waals surface area (Å²) in [7, 11) is 0. The number of fused-ring (bicyclic) bond motifs is 3. The first-order chi connectivity index (χ1) is 12.1. The number of thioether (sulfide) groups is 1. The van der Waals surface area contributed by atoms with Gasteiger partial charge >= 0.3 is 6.17 Å². The number of nitrogens with zero attached hydrogens (tertiary/aromatic N) is 4. The average Bonchev–Trinajstić information content (AvgIpc) is 3.13. The zero-order valence-corrected chi connectivity index (χ0v) is 15.2. The fraction of sp³-hybridized carbons (Fsp3) is 0.176. The van der Waals surface area contributed by atoms with E-state index in [1.165, 1.54) is 30.0 Å². The summed E-state index contributed by atoms with van der Waals surface area (Å²) in [5, 5.41) is 19.6. The van der Waals surface area contributed by atoms with Gasteiger partial charge in [-0.3, -0.25) is 4.79 Å². The summed E-state index contributed by atoms with van der Waals surface area (Å²) in [5.41, 5.74) is 1.78. The second-order valence-electron chi connectivity index (χ2n) is 5.49. The first-order valence-electron chi connectivity index (χ1n) is 7.59. The number of para-hydroxylation sites is 1. The van der Waals surface area contributed by atoms with E-state index in [0.717, 1.165) is 4.88 Å².